The molecular weight excluding hydrogens is 172 g/mol. The highest BCUT2D eigenvalue weighted by atomic mass is 15.2. The van der Waals surface area contributed by atoms with Gasteiger partial charge in [0.1, 0.15) is 0 Å². The molecule has 2 unspecified atom stereocenters. The summed E-state index contributed by atoms with van der Waals surface area (Å²) >= 11 is 0. The van der Waals surface area contributed by atoms with Crippen LogP contribution in [0.25, 0.3) is 0 Å². The molecule has 0 radical (unpaired) electrons. The Kier molecular flexibility index (Phi) is 5.49. The first-order valence-electron chi connectivity index (χ1n) is 6.29. The van der Waals surface area contributed by atoms with Crippen LogP contribution in [0.3, 0.4) is 0 Å². The van der Waals surface area contributed by atoms with Gasteiger partial charge in [-0.05, 0) is 25.8 Å². The maximum atomic E-state index is 3.63. The fourth-order valence-corrected chi connectivity index (χ4v) is 2.24. The van der Waals surface area contributed by atoms with Crippen LogP contribution in [0.5, 0.6) is 0 Å². The predicted octanol–water partition coefficient (Wildman–Crippen LogP) is 2.25. The lowest BCUT2D eigenvalue weighted by atomic mass is 10.0. The quantitative estimate of drug-likeness (QED) is 0.729. The molecule has 14 heavy (non-hydrogen) atoms. The molecule has 1 aliphatic rings. The number of rotatable bonds is 5. The minimum Gasteiger partial charge on any atom is -0.311 e. The molecule has 0 amide bonds. The molecule has 0 aromatic carbocycles. The molecule has 1 rings (SSSR count). The fraction of sp³-hybridized carbons (Fsp3) is 1.00. The van der Waals surface area contributed by atoms with Crippen molar-refractivity contribution >= 4 is 0 Å². The third-order valence-corrected chi connectivity index (χ3v) is 3.38. The molecule has 1 fully saturated rings. The molecule has 2 atom stereocenters. The van der Waals surface area contributed by atoms with Crippen molar-refractivity contribution in [1.29, 1.82) is 0 Å². The average molecular weight is 198 g/mol. The van der Waals surface area contributed by atoms with Crippen LogP contribution < -0.4 is 5.32 Å². The van der Waals surface area contributed by atoms with E-state index in [1.165, 1.54) is 45.3 Å². The van der Waals surface area contributed by atoms with Gasteiger partial charge in [-0.1, -0.05) is 27.2 Å². The highest BCUT2D eigenvalue weighted by molar-refractivity contribution is 4.84. The van der Waals surface area contributed by atoms with Gasteiger partial charge in [0.05, 0.1) is 0 Å². The van der Waals surface area contributed by atoms with Gasteiger partial charge in [0, 0.05) is 25.2 Å². The van der Waals surface area contributed by atoms with Crippen LogP contribution in [-0.4, -0.2) is 36.6 Å². The summed E-state index contributed by atoms with van der Waals surface area (Å²) in [7, 11) is 0. The van der Waals surface area contributed by atoms with E-state index in [9.17, 15) is 0 Å². The van der Waals surface area contributed by atoms with Crippen molar-refractivity contribution in [3.05, 3.63) is 0 Å². The van der Waals surface area contributed by atoms with E-state index in [1.807, 2.05) is 0 Å². The molecule has 0 aromatic rings. The Morgan fingerprint density at radius 2 is 2.00 bits per heavy atom. The smallest absolute Gasteiger partial charge is 0.0218 e. The minimum absolute atomic E-state index is 0.731. The minimum atomic E-state index is 0.731. The van der Waals surface area contributed by atoms with Gasteiger partial charge in [-0.3, -0.25) is 4.90 Å². The SMILES string of the molecule is CCCCN1CC(CC)NCC1CC. The molecule has 1 aliphatic heterocycles. The molecule has 2 nitrogen and oxygen atoms in total. The van der Waals surface area contributed by atoms with Crippen molar-refractivity contribution in [3.63, 3.8) is 0 Å². The third-order valence-electron chi connectivity index (χ3n) is 3.38. The predicted molar refractivity (Wildman–Crippen MR) is 62.6 cm³/mol. The molecule has 1 saturated heterocycles. The maximum Gasteiger partial charge on any atom is 0.0218 e. The number of unbranched alkanes of at least 4 members (excludes halogenated alkanes) is 1. The number of nitrogens with one attached hydrogen (secondary N) is 1. The van der Waals surface area contributed by atoms with E-state index in [2.05, 4.69) is 31.0 Å². The van der Waals surface area contributed by atoms with Crippen LogP contribution in [0.1, 0.15) is 46.5 Å². The van der Waals surface area contributed by atoms with Gasteiger partial charge in [0.15, 0.2) is 0 Å². The molecule has 84 valence electrons. The summed E-state index contributed by atoms with van der Waals surface area (Å²) in [6.45, 7) is 10.6. The van der Waals surface area contributed by atoms with Gasteiger partial charge < -0.3 is 5.32 Å². The van der Waals surface area contributed by atoms with E-state index in [-0.39, 0.29) is 0 Å². The van der Waals surface area contributed by atoms with E-state index in [0.29, 0.717) is 0 Å². The first kappa shape index (κ1) is 12.0. The average Bonchev–Trinajstić information content (AvgIpc) is 2.25. The first-order valence-corrected chi connectivity index (χ1v) is 6.29. The van der Waals surface area contributed by atoms with Crippen molar-refractivity contribution in [2.75, 3.05) is 19.6 Å². The second-order valence-electron chi connectivity index (χ2n) is 4.42. The zero-order chi connectivity index (χ0) is 10.4. The molecule has 0 aromatic heterocycles. The van der Waals surface area contributed by atoms with Crippen LogP contribution in [0.4, 0.5) is 0 Å². The highest BCUT2D eigenvalue weighted by Crippen LogP contribution is 2.12. The van der Waals surface area contributed by atoms with E-state index < -0.39 is 0 Å². The second kappa shape index (κ2) is 6.41. The lowest BCUT2D eigenvalue weighted by molar-refractivity contribution is 0.123. The zero-order valence-corrected chi connectivity index (χ0v) is 10.1. The molecule has 0 bridgehead atoms. The molecule has 0 saturated carbocycles. The fourth-order valence-electron chi connectivity index (χ4n) is 2.24. The van der Waals surface area contributed by atoms with Crippen molar-refractivity contribution in [3.8, 4) is 0 Å². The number of hydrogen-bond donors (Lipinski definition) is 1. The Morgan fingerprint density at radius 3 is 2.57 bits per heavy atom. The van der Waals surface area contributed by atoms with Crippen LogP contribution in [0.2, 0.25) is 0 Å². The maximum absolute atomic E-state index is 3.63. The Balaban J connectivity index is 2.38. The van der Waals surface area contributed by atoms with Crippen molar-refractivity contribution in [2.45, 2.75) is 58.5 Å². The molecule has 1 N–H and O–H groups in total. The van der Waals surface area contributed by atoms with Gasteiger partial charge in [-0.15, -0.1) is 0 Å². The van der Waals surface area contributed by atoms with E-state index in [4.69, 9.17) is 0 Å². The van der Waals surface area contributed by atoms with Crippen LogP contribution in [0.15, 0.2) is 0 Å². The number of nitrogens with zero attached hydrogens (tertiary/aromatic N) is 1. The van der Waals surface area contributed by atoms with E-state index in [1.54, 1.807) is 0 Å². The largest absolute Gasteiger partial charge is 0.311 e. The molecular formula is C12H26N2. The van der Waals surface area contributed by atoms with Crippen molar-refractivity contribution in [2.24, 2.45) is 0 Å². The first-order chi connectivity index (χ1) is 6.81. The molecule has 2 heteroatoms. The second-order valence-corrected chi connectivity index (χ2v) is 4.42. The Labute approximate surface area is 89.1 Å². The summed E-state index contributed by atoms with van der Waals surface area (Å²) < 4.78 is 0. The van der Waals surface area contributed by atoms with Crippen molar-refractivity contribution < 1.29 is 0 Å². The molecule has 0 aliphatic carbocycles. The third kappa shape index (κ3) is 3.25. The summed E-state index contributed by atoms with van der Waals surface area (Å²) in [6.07, 6.45) is 5.22. The van der Waals surface area contributed by atoms with Crippen LogP contribution in [-0.2, 0) is 0 Å². The Morgan fingerprint density at radius 1 is 1.21 bits per heavy atom. The molecule has 0 spiro atoms. The van der Waals surface area contributed by atoms with Gasteiger partial charge in [0.2, 0.25) is 0 Å². The normalized spacial score (nSPS) is 29.4. The zero-order valence-electron chi connectivity index (χ0n) is 10.1. The highest BCUT2D eigenvalue weighted by Gasteiger charge is 2.24. The summed E-state index contributed by atoms with van der Waals surface area (Å²) in [5, 5.41) is 3.63. The number of hydrogen-bond acceptors (Lipinski definition) is 2. The van der Waals surface area contributed by atoms with Crippen LogP contribution >= 0.6 is 0 Å². The summed E-state index contributed by atoms with van der Waals surface area (Å²) in [6, 6.07) is 1.51. The number of piperazine rings is 1. The standard InChI is InChI=1S/C12H26N2/c1-4-7-8-14-10-11(5-2)13-9-12(14)6-3/h11-13H,4-10H2,1-3H3. The monoisotopic (exact) mass is 198 g/mol. The Bertz CT molecular complexity index is 147. The van der Waals surface area contributed by atoms with Gasteiger partial charge >= 0.3 is 0 Å². The van der Waals surface area contributed by atoms with E-state index in [0.717, 1.165) is 12.1 Å². The van der Waals surface area contributed by atoms with Crippen molar-refractivity contribution in [1.82, 2.24) is 10.2 Å². The lowest BCUT2D eigenvalue weighted by Gasteiger charge is -2.40. The van der Waals surface area contributed by atoms with Crippen LogP contribution in [0, 0.1) is 0 Å². The molecule has 1 heterocycles. The van der Waals surface area contributed by atoms with Gasteiger partial charge in [-0.25, -0.2) is 0 Å². The summed E-state index contributed by atoms with van der Waals surface area (Å²) in [4.78, 5) is 2.69. The van der Waals surface area contributed by atoms with E-state index >= 15 is 0 Å². The summed E-state index contributed by atoms with van der Waals surface area (Å²) in [5.74, 6) is 0. The summed E-state index contributed by atoms with van der Waals surface area (Å²) in [5.41, 5.74) is 0. The topological polar surface area (TPSA) is 15.3 Å². The van der Waals surface area contributed by atoms with Gasteiger partial charge in [0.25, 0.3) is 0 Å². The lowest BCUT2D eigenvalue weighted by Crippen LogP contribution is -2.56. The Hall–Kier alpha value is -0.0800. The van der Waals surface area contributed by atoms with Gasteiger partial charge in [-0.2, -0.15) is 0 Å².